The first-order valence-electron chi connectivity index (χ1n) is 4.10. The molecule has 0 aromatic rings. The van der Waals surface area contributed by atoms with E-state index in [1.807, 2.05) is 6.92 Å². The highest BCUT2D eigenvalue weighted by Crippen LogP contribution is 2.05. The molecule has 2 heteroatoms. The topological polar surface area (TPSA) is 26.3 Å². The average Bonchev–Trinajstić information content (AvgIpc) is 1.85. The third-order valence-electron chi connectivity index (χ3n) is 1.55. The van der Waals surface area contributed by atoms with Gasteiger partial charge in [0, 0.05) is 20.0 Å². The SMILES string of the molecule is COC(C)CC(=O)CC(C)C. The Hall–Kier alpha value is -0.370. The van der Waals surface area contributed by atoms with Crippen molar-refractivity contribution in [3.05, 3.63) is 0 Å². The second kappa shape index (κ2) is 5.30. The lowest BCUT2D eigenvalue weighted by Crippen LogP contribution is -2.13. The fourth-order valence-electron chi connectivity index (χ4n) is 0.943. The predicted octanol–water partition coefficient (Wildman–Crippen LogP) is 2.03. The number of ether oxygens (including phenoxy) is 1. The number of methoxy groups -OCH3 is 1. The van der Waals surface area contributed by atoms with E-state index in [4.69, 9.17) is 4.74 Å². The van der Waals surface area contributed by atoms with Crippen molar-refractivity contribution in [1.29, 1.82) is 0 Å². The van der Waals surface area contributed by atoms with E-state index >= 15 is 0 Å². The van der Waals surface area contributed by atoms with E-state index in [0.717, 1.165) is 0 Å². The molecule has 11 heavy (non-hydrogen) atoms. The van der Waals surface area contributed by atoms with Crippen LogP contribution in [0.4, 0.5) is 0 Å². The minimum absolute atomic E-state index is 0.0706. The van der Waals surface area contributed by atoms with Gasteiger partial charge in [0.15, 0.2) is 0 Å². The maximum atomic E-state index is 11.1. The Bertz CT molecular complexity index is 119. The maximum Gasteiger partial charge on any atom is 0.135 e. The maximum absolute atomic E-state index is 11.1. The van der Waals surface area contributed by atoms with E-state index in [2.05, 4.69) is 13.8 Å². The number of hydrogen-bond donors (Lipinski definition) is 0. The average molecular weight is 158 g/mol. The van der Waals surface area contributed by atoms with Crippen LogP contribution >= 0.6 is 0 Å². The summed E-state index contributed by atoms with van der Waals surface area (Å²) in [6.07, 6.45) is 1.30. The minimum Gasteiger partial charge on any atom is -0.381 e. The molecule has 1 atom stereocenters. The molecule has 0 rings (SSSR count). The molecular formula is C9H18O2. The Morgan fingerprint density at radius 3 is 2.18 bits per heavy atom. The van der Waals surface area contributed by atoms with E-state index in [0.29, 0.717) is 24.5 Å². The first-order chi connectivity index (χ1) is 5.06. The van der Waals surface area contributed by atoms with E-state index in [9.17, 15) is 4.79 Å². The Morgan fingerprint density at radius 2 is 1.82 bits per heavy atom. The summed E-state index contributed by atoms with van der Waals surface area (Å²) in [5, 5.41) is 0. The molecule has 0 fully saturated rings. The van der Waals surface area contributed by atoms with Crippen molar-refractivity contribution in [1.82, 2.24) is 0 Å². The molecule has 0 amide bonds. The highest BCUT2D eigenvalue weighted by molar-refractivity contribution is 5.78. The van der Waals surface area contributed by atoms with E-state index < -0.39 is 0 Å². The first-order valence-corrected chi connectivity index (χ1v) is 4.10. The summed E-state index contributed by atoms with van der Waals surface area (Å²) in [5.41, 5.74) is 0. The summed E-state index contributed by atoms with van der Waals surface area (Å²) in [6, 6.07) is 0. The quantitative estimate of drug-likeness (QED) is 0.612. The Balaban J connectivity index is 3.52. The van der Waals surface area contributed by atoms with Crippen LogP contribution in [0.1, 0.15) is 33.6 Å². The van der Waals surface area contributed by atoms with Crippen molar-refractivity contribution in [3.8, 4) is 0 Å². The van der Waals surface area contributed by atoms with Crippen LogP contribution in [0.25, 0.3) is 0 Å². The highest BCUT2D eigenvalue weighted by Gasteiger charge is 2.09. The minimum atomic E-state index is 0.0706. The van der Waals surface area contributed by atoms with Gasteiger partial charge in [-0.05, 0) is 12.8 Å². The van der Waals surface area contributed by atoms with Crippen molar-refractivity contribution in [3.63, 3.8) is 0 Å². The molecule has 1 unspecified atom stereocenters. The molecule has 0 heterocycles. The van der Waals surface area contributed by atoms with Gasteiger partial charge in [-0.15, -0.1) is 0 Å². The molecular weight excluding hydrogens is 140 g/mol. The van der Waals surface area contributed by atoms with E-state index in [-0.39, 0.29) is 6.10 Å². The van der Waals surface area contributed by atoms with Gasteiger partial charge in [-0.1, -0.05) is 13.8 Å². The van der Waals surface area contributed by atoms with Gasteiger partial charge in [-0.25, -0.2) is 0 Å². The first kappa shape index (κ1) is 10.6. The van der Waals surface area contributed by atoms with Crippen LogP contribution in [0.2, 0.25) is 0 Å². The standard InChI is InChI=1S/C9H18O2/c1-7(2)5-9(10)6-8(3)11-4/h7-8H,5-6H2,1-4H3. The largest absolute Gasteiger partial charge is 0.381 e. The number of carbonyl (C=O) groups excluding carboxylic acids is 1. The molecule has 0 spiro atoms. The second-order valence-electron chi connectivity index (χ2n) is 3.39. The summed E-state index contributed by atoms with van der Waals surface area (Å²) in [4.78, 5) is 11.1. The van der Waals surface area contributed by atoms with Gasteiger partial charge in [0.05, 0.1) is 6.10 Å². The zero-order chi connectivity index (χ0) is 8.85. The zero-order valence-electron chi connectivity index (χ0n) is 7.89. The summed E-state index contributed by atoms with van der Waals surface area (Å²) in [7, 11) is 1.63. The monoisotopic (exact) mass is 158 g/mol. The molecule has 0 saturated carbocycles. The van der Waals surface area contributed by atoms with Crippen LogP contribution in [0.3, 0.4) is 0 Å². The lowest BCUT2D eigenvalue weighted by atomic mass is 10.0. The Labute approximate surface area is 68.9 Å². The van der Waals surface area contributed by atoms with Crippen LogP contribution in [0, 0.1) is 5.92 Å². The van der Waals surface area contributed by atoms with Gasteiger partial charge in [-0.2, -0.15) is 0 Å². The van der Waals surface area contributed by atoms with Gasteiger partial charge in [-0.3, -0.25) is 4.79 Å². The zero-order valence-corrected chi connectivity index (χ0v) is 7.89. The number of ketones is 1. The fraction of sp³-hybridized carbons (Fsp3) is 0.889. The van der Waals surface area contributed by atoms with Crippen molar-refractivity contribution >= 4 is 5.78 Å². The molecule has 0 aromatic carbocycles. The fourth-order valence-corrected chi connectivity index (χ4v) is 0.943. The van der Waals surface area contributed by atoms with Crippen molar-refractivity contribution in [2.45, 2.75) is 39.7 Å². The highest BCUT2D eigenvalue weighted by atomic mass is 16.5. The normalized spacial score (nSPS) is 13.5. The molecule has 0 aromatic heterocycles. The van der Waals surface area contributed by atoms with Crippen LogP contribution in [0.5, 0.6) is 0 Å². The molecule has 0 aliphatic rings. The van der Waals surface area contributed by atoms with Crippen LogP contribution in [0.15, 0.2) is 0 Å². The van der Waals surface area contributed by atoms with E-state index in [1.165, 1.54) is 0 Å². The van der Waals surface area contributed by atoms with Gasteiger partial charge in [0.25, 0.3) is 0 Å². The van der Waals surface area contributed by atoms with Crippen molar-refractivity contribution in [2.75, 3.05) is 7.11 Å². The molecule has 0 aliphatic heterocycles. The molecule has 0 saturated heterocycles. The molecule has 0 N–H and O–H groups in total. The van der Waals surface area contributed by atoms with Crippen LogP contribution in [-0.4, -0.2) is 19.0 Å². The van der Waals surface area contributed by atoms with E-state index in [1.54, 1.807) is 7.11 Å². The molecule has 0 radical (unpaired) electrons. The molecule has 66 valence electrons. The predicted molar refractivity (Wildman–Crippen MR) is 45.6 cm³/mol. The Kier molecular flexibility index (Phi) is 5.12. The lowest BCUT2D eigenvalue weighted by molar-refractivity contribution is -0.121. The lowest BCUT2D eigenvalue weighted by Gasteiger charge is -2.08. The number of Topliss-reactive ketones (excluding diaryl/α,β-unsaturated/α-hetero) is 1. The molecule has 2 nitrogen and oxygen atoms in total. The second-order valence-corrected chi connectivity index (χ2v) is 3.39. The summed E-state index contributed by atoms with van der Waals surface area (Å²) >= 11 is 0. The molecule has 0 bridgehead atoms. The number of carbonyl (C=O) groups is 1. The van der Waals surface area contributed by atoms with Crippen LogP contribution in [-0.2, 0) is 9.53 Å². The summed E-state index contributed by atoms with van der Waals surface area (Å²) < 4.78 is 4.98. The Morgan fingerprint density at radius 1 is 1.27 bits per heavy atom. The molecule has 0 aliphatic carbocycles. The smallest absolute Gasteiger partial charge is 0.135 e. The summed E-state index contributed by atoms with van der Waals surface area (Å²) in [5.74, 6) is 0.765. The van der Waals surface area contributed by atoms with Gasteiger partial charge in [0.2, 0.25) is 0 Å². The van der Waals surface area contributed by atoms with Crippen LogP contribution < -0.4 is 0 Å². The number of rotatable bonds is 5. The van der Waals surface area contributed by atoms with Crippen molar-refractivity contribution < 1.29 is 9.53 Å². The van der Waals surface area contributed by atoms with Gasteiger partial charge < -0.3 is 4.74 Å². The third-order valence-corrected chi connectivity index (χ3v) is 1.55. The number of hydrogen-bond acceptors (Lipinski definition) is 2. The van der Waals surface area contributed by atoms with Crippen molar-refractivity contribution in [2.24, 2.45) is 5.92 Å². The van der Waals surface area contributed by atoms with Gasteiger partial charge in [0.1, 0.15) is 5.78 Å². The third kappa shape index (κ3) is 6.05. The van der Waals surface area contributed by atoms with Gasteiger partial charge >= 0.3 is 0 Å². The summed E-state index contributed by atoms with van der Waals surface area (Å²) in [6.45, 7) is 6.02.